The molecular formula is C26H44O2. The van der Waals surface area contributed by atoms with E-state index in [0.29, 0.717) is 18.4 Å². The SMILES string of the molecule is CCCCCCCCCCCCc1ccc(C(=O)C(O)(CC)CCCC)cc1. The Kier molecular flexibility index (Phi) is 13.1. The van der Waals surface area contributed by atoms with Crippen LogP contribution in [-0.4, -0.2) is 16.5 Å². The minimum absolute atomic E-state index is 0.117. The van der Waals surface area contributed by atoms with Gasteiger partial charge in [-0.1, -0.05) is 116 Å². The van der Waals surface area contributed by atoms with Gasteiger partial charge in [0.2, 0.25) is 0 Å². The van der Waals surface area contributed by atoms with E-state index in [1.807, 2.05) is 19.1 Å². The van der Waals surface area contributed by atoms with Gasteiger partial charge in [-0.3, -0.25) is 4.79 Å². The lowest BCUT2D eigenvalue weighted by atomic mass is 9.85. The number of aryl methyl sites for hydroxylation is 1. The quantitative estimate of drug-likeness (QED) is 0.220. The van der Waals surface area contributed by atoms with E-state index in [2.05, 4.69) is 26.0 Å². The lowest BCUT2D eigenvalue weighted by Gasteiger charge is -2.25. The predicted octanol–water partition coefficient (Wildman–Crippen LogP) is 7.66. The Labute approximate surface area is 174 Å². The second-order valence-electron chi connectivity index (χ2n) is 8.45. The molecule has 0 fully saturated rings. The minimum atomic E-state index is -1.20. The van der Waals surface area contributed by atoms with Crippen LogP contribution in [0.15, 0.2) is 24.3 Å². The van der Waals surface area contributed by atoms with Crippen molar-refractivity contribution >= 4 is 5.78 Å². The van der Waals surface area contributed by atoms with Gasteiger partial charge in [0.1, 0.15) is 5.60 Å². The molecule has 1 N–H and O–H groups in total. The molecule has 0 amide bonds. The summed E-state index contributed by atoms with van der Waals surface area (Å²) in [6, 6.07) is 7.94. The molecule has 1 aromatic carbocycles. The van der Waals surface area contributed by atoms with Crippen LogP contribution in [-0.2, 0) is 6.42 Å². The Hall–Kier alpha value is -1.15. The molecular weight excluding hydrogens is 344 g/mol. The topological polar surface area (TPSA) is 37.3 Å². The van der Waals surface area contributed by atoms with Crippen molar-refractivity contribution in [2.45, 2.75) is 123 Å². The van der Waals surface area contributed by atoms with Crippen molar-refractivity contribution in [2.24, 2.45) is 0 Å². The molecule has 1 rings (SSSR count). The van der Waals surface area contributed by atoms with Crippen LogP contribution in [0.25, 0.3) is 0 Å². The van der Waals surface area contributed by atoms with E-state index in [4.69, 9.17) is 0 Å². The van der Waals surface area contributed by atoms with Gasteiger partial charge in [0.25, 0.3) is 0 Å². The number of unbranched alkanes of at least 4 members (excludes halogenated alkanes) is 10. The number of ketones is 1. The van der Waals surface area contributed by atoms with Crippen LogP contribution in [0.3, 0.4) is 0 Å². The van der Waals surface area contributed by atoms with Crippen LogP contribution in [0, 0.1) is 0 Å². The highest BCUT2D eigenvalue weighted by atomic mass is 16.3. The standard InChI is InChI=1S/C26H44O2/c1-4-7-9-10-11-12-13-14-15-16-17-23-18-20-24(21-19-23)25(27)26(28,6-3)22-8-5-2/h18-21,28H,4-17,22H2,1-3H3. The van der Waals surface area contributed by atoms with Crippen LogP contribution in [0.1, 0.15) is 127 Å². The maximum Gasteiger partial charge on any atom is 0.194 e. The summed E-state index contributed by atoms with van der Waals surface area (Å²) in [5, 5.41) is 10.7. The highest BCUT2D eigenvalue weighted by Gasteiger charge is 2.33. The van der Waals surface area contributed by atoms with Gasteiger partial charge < -0.3 is 5.11 Å². The zero-order valence-corrected chi connectivity index (χ0v) is 18.8. The molecule has 0 heterocycles. The average molecular weight is 389 g/mol. The molecule has 2 nitrogen and oxygen atoms in total. The zero-order chi connectivity index (χ0) is 20.7. The predicted molar refractivity (Wildman–Crippen MR) is 121 cm³/mol. The lowest BCUT2D eigenvalue weighted by Crippen LogP contribution is -2.38. The van der Waals surface area contributed by atoms with E-state index in [1.54, 1.807) is 0 Å². The van der Waals surface area contributed by atoms with Gasteiger partial charge in [0.05, 0.1) is 0 Å². The van der Waals surface area contributed by atoms with Gasteiger partial charge >= 0.3 is 0 Å². The Bertz CT molecular complexity index is 520. The minimum Gasteiger partial charge on any atom is -0.382 e. The van der Waals surface area contributed by atoms with Crippen molar-refractivity contribution in [3.63, 3.8) is 0 Å². The molecule has 0 saturated carbocycles. The van der Waals surface area contributed by atoms with Crippen molar-refractivity contribution < 1.29 is 9.90 Å². The number of aliphatic hydroxyl groups is 1. The first-order chi connectivity index (χ1) is 13.6. The third-order valence-electron chi connectivity index (χ3n) is 5.99. The van der Waals surface area contributed by atoms with Gasteiger partial charge in [-0.25, -0.2) is 0 Å². The fourth-order valence-electron chi connectivity index (χ4n) is 3.83. The van der Waals surface area contributed by atoms with Crippen LogP contribution in [0.4, 0.5) is 0 Å². The summed E-state index contributed by atoms with van der Waals surface area (Å²) in [5.74, 6) is -0.117. The first kappa shape index (κ1) is 24.9. The second kappa shape index (κ2) is 14.8. The number of benzene rings is 1. The van der Waals surface area contributed by atoms with Gasteiger partial charge in [0.15, 0.2) is 5.78 Å². The van der Waals surface area contributed by atoms with Crippen LogP contribution in [0.2, 0.25) is 0 Å². The Balaban J connectivity index is 2.28. The molecule has 0 bridgehead atoms. The van der Waals surface area contributed by atoms with Gasteiger partial charge in [-0.2, -0.15) is 0 Å². The molecule has 2 heteroatoms. The first-order valence-electron chi connectivity index (χ1n) is 11.9. The smallest absolute Gasteiger partial charge is 0.194 e. The summed E-state index contributed by atoms with van der Waals surface area (Å²) in [7, 11) is 0. The molecule has 0 radical (unpaired) electrons. The van der Waals surface area contributed by atoms with E-state index in [1.165, 1.54) is 69.8 Å². The number of carbonyl (C=O) groups is 1. The van der Waals surface area contributed by atoms with Gasteiger partial charge in [-0.05, 0) is 31.2 Å². The molecule has 0 aliphatic heterocycles. The second-order valence-corrected chi connectivity index (χ2v) is 8.45. The number of hydrogen-bond donors (Lipinski definition) is 1. The van der Waals surface area contributed by atoms with Crippen molar-refractivity contribution in [1.29, 1.82) is 0 Å². The Morgan fingerprint density at radius 3 is 1.75 bits per heavy atom. The Morgan fingerprint density at radius 1 is 0.750 bits per heavy atom. The number of carbonyl (C=O) groups excluding carboxylic acids is 1. The molecule has 0 aliphatic carbocycles. The van der Waals surface area contributed by atoms with Gasteiger partial charge in [0, 0.05) is 5.56 Å². The van der Waals surface area contributed by atoms with E-state index < -0.39 is 5.60 Å². The molecule has 1 aromatic rings. The van der Waals surface area contributed by atoms with E-state index in [-0.39, 0.29) is 5.78 Å². The monoisotopic (exact) mass is 388 g/mol. The Morgan fingerprint density at radius 2 is 1.25 bits per heavy atom. The number of hydrogen-bond acceptors (Lipinski definition) is 2. The fourth-order valence-corrected chi connectivity index (χ4v) is 3.83. The molecule has 0 spiro atoms. The van der Waals surface area contributed by atoms with E-state index in [9.17, 15) is 9.90 Å². The number of rotatable bonds is 17. The lowest BCUT2D eigenvalue weighted by molar-refractivity contribution is 0.0240. The van der Waals surface area contributed by atoms with Crippen molar-refractivity contribution in [3.8, 4) is 0 Å². The normalized spacial score (nSPS) is 13.4. The zero-order valence-electron chi connectivity index (χ0n) is 18.8. The maximum absolute atomic E-state index is 12.7. The highest BCUT2D eigenvalue weighted by Crippen LogP contribution is 2.24. The molecule has 0 aliphatic rings. The van der Waals surface area contributed by atoms with Crippen molar-refractivity contribution in [1.82, 2.24) is 0 Å². The third-order valence-corrected chi connectivity index (χ3v) is 5.99. The molecule has 28 heavy (non-hydrogen) atoms. The summed E-state index contributed by atoms with van der Waals surface area (Å²) in [5.41, 5.74) is 0.741. The summed E-state index contributed by atoms with van der Waals surface area (Å²) in [4.78, 5) is 12.7. The van der Waals surface area contributed by atoms with Crippen molar-refractivity contribution in [3.05, 3.63) is 35.4 Å². The van der Waals surface area contributed by atoms with E-state index in [0.717, 1.165) is 19.3 Å². The molecule has 160 valence electrons. The average Bonchev–Trinajstić information content (AvgIpc) is 2.73. The van der Waals surface area contributed by atoms with Crippen LogP contribution < -0.4 is 0 Å². The van der Waals surface area contributed by atoms with E-state index >= 15 is 0 Å². The summed E-state index contributed by atoms with van der Waals surface area (Å²) < 4.78 is 0. The van der Waals surface area contributed by atoms with Crippen molar-refractivity contribution in [2.75, 3.05) is 0 Å². The molecule has 1 unspecified atom stereocenters. The summed E-state index contributed by atoms with van der Waals surface area (Å²) >= 11 is 0. The first-order valence-corrected chi connectivity index (χ1v) is 11.9. The largest absolute Gasteiger partial charge is 0.382 e. The molecule has 0 aromatic heterocycles. The fraction of sp³-hybridized carbons (Fsp3) is 0.731. The maximum atomic E-state index is 12.7. The van der Waals surface area contributed by atoms with Gasteiger partial charge in [-0.15, -0.1) is 0 Å². The molecule has 1 atom stereocenters. The highest BCUT2D eigenvalue weighted by molar-refractivity contribution is 6.02. The number of Topliss-reactive ketones (excluding diaryl/α,β-unsaturated/α-hetero) is 1. The third kappa shape index (κ3) is 9.37. The summed E-state index contributed by atoms with van der Waals surface area (Å²) in [6.45, 7) is 6.25. The summed E-state index contributed by atoms with van der Waals surface area (Å²) in [6.07, 6.45) is 17.5. The molecule has 0 saturated heterocycles. The van der Waals surface area contributed by atoms with Crippen LogP contribution in [0.5, 0.6) is 0 Å². The van der Waals surface area contributed by atoms with Crippen LogP contribution >= 0.6 is 0 Å².